The Morgan fingerprint density at radius 1 is 1.36 bits per heavy atom. The van der Waals surface area contributed by atoms with Crippen molar-refractivity contribution in [2.75, 3.05) is 13.1 Å². The summed E-state index contributed by atoms with van der Waals surface area (Å²) in [5, 5.41) is 0. The van der Waals surface area contributed by atoms with Crippen LogP contribution in [0.1, 0.15) is 42.6 Å². The zero-order chi connectivity index (χ0) is 15.5. The van der Waals surface area contributed by atoms with Crippen LogP contribution in [0.2, 0.25) is 0 Å². The minimum Gasteiger partial charge on any atom is -0.488 e. The third-order valence-corrected chi connectivity index (χ3v) is 4.18. The zero-order valence-electron chi connectivity index (χ0n) is 12.5. The molecule has 6 nitrogen and oxygen atoms in total. The van der Waals surface area contributed by atoms with E-state index in [1.807, 2.05) is 4.90 Å². The van der Waals surface area contributed by atoms with Crippen LogP contribution in [0.4, 0.5) is 0 Å². The lowest BCUT2D eigenvalue weighted by Crippen LogP contribution is -2.44. The van der Waals surface area contributed by atoms with Gasteiger partial charge < -0.3 is 15.4 Å². The predicted molar refractivity (Wildman–Crippen MR) is 80.3 cm³/mol. The smallest absolute Gasteiger partial charge is 0.267 e. The lowest BCUT2D eigenvalue weighted by Gasteiger charge is -2.33. The molecule has 2 fully saturated rings. The van der Waals surface area contributed by atoms with Gasteiger partial charge >= 0.3 is 0 Å². The molecule has 1 aliphatic carbocycles. The van der Waals surface area contributed by atoms with Gasteiger partial charge in [0, 0.05) is 25.2 Å². The lowest BCUT2D eigenvalue weighted by atomic mass is 10.1. The number of carbonyl (C=O) groups is 2. The van der Waals surface area contributed by atoms with Gasteiger partial charge in [0.25, 0.3) is 5.91 Å². The first-order chi connectivity index (χ1) is 10.6. The summed E-state index contributed by atoms with van der Waals surface area (Å²) in [6.07, 6.45) is 6.36. The minimum atomic E-state index is -0.574. The Bertz CT molecular complexity index is 572. The Hall–Kier alpha value is -2.11. The van der Waals surface area contributed by atoms with Crippen LogP contribution in [0.25, 0.3) is 0 Å². The molecule has 0 radical (unpaired) electrons. The first-order valence-corrected chi connectivity index (χ1v) is 7.82. The van der Waals surface area contributed by atoms with Crippen LogP contribution >= 0.6 is 0 Å². The molecule has 2 aliphatic rings. The number of rotatable bonds is 5. The van der Waals surface area contributed by atoms with Crippen molar-refractivity contribution in [1.29, 1.82) is 0 Å². The number of primary amides is 1. The SMILES string of the molecule is NC(=O)c1cc(OC2CCCN(C(=O)CC3CC3)C2)ccn1. The van der Waals surface area contributed by atoms with Crippen molar-refractivity contribution in [3.63, 3.8) is 0 Å². The molecule has 1 saturated heterocycles. The summed E-state index contributed by atoms with van der Waals surface area (Å²) < 4.78 is 5.91. The van der Waals surface area contributed by atoms with E-state index in [2.05, 4.69) is 4.98 Å². The third-order valence-electron chi connectivity index (χ3n) is 4.18. The van der Waals surface area contributed by atoms with Gasteiger partial charge in [0.2, 0.25) is 5.91 Å². The molecule has 1 aromatic rings. The Morgan fingerprint density at radius 2 is 2.18 bits per heavy atom. The molecule has 1 unspecified atom stereocenters. The van der Waals surface area contributed by atoms with Crippen molar-refractivity contribution in [2.24, 2.45) is 11.7 Å². The van der Waals surface area contributed by atoms with E-state index in [0.29, 0.717) is 24.6 Å². The molecule has 1 aromatic heterocycles. The summed E-state index contributed by atoms with van der Waals surface area (Å²) in [5.74, 6) is 0.844. The highest BCUT2D eigenvalue weighted by Crippen LogP contribution is 2.33. The highest BCUT2D eigenvalue weighted by atomic mass is 16.5. The number of pyridine rings is 1. The van der Waals surface area contributed by atoms with Crippen LogP contribution in [0, 0.1) is 5.92 Å². The van der Waals surface area contributed by atoms with Crippen molar-refractivity contribution in [3.8, 4) is 5.75 Å². The van der Waals surface area contributed by atoms with Gasteiger partial charge in [-0.25, -0.2) is 0 Å². The molecule has 1 aliphatic heterocycles. The van der Waals surface area contributed by atoms with Gasteiger partial charge in [-0.2, -0.15) is 0 Å². The van der Waals surface area contributed by atoms with E-state index in [1.54, 1.807) is 12.1 Å². The van der Waals surface area contributed by atoms with Crippen molar-refractivity contribution in [3.05, 3.63) is 24.0 Å². The van der Waals surface area contributed by atoms with Crippen LogP contribution in [0.5, 0.6) is 5.75 Å². The molecule has 2 amide bonds. The average Bonchev–Trinajstić information content (AvgIpc) is 3.32. The second kappa shape index (κ2) is 6.34. The van der Waals surface area contributed by atoms with Crippen molar-refractivity contribution in [1.82, 2.24) is 9.88 Å². The zero-order valence-corrected chi connectivity index (χ0v) is 12.5. The van der Waals surface area contributed by atoms with E-state index in [0.717, 1.165) is 19.4 Å². The number of hydrogen-bond donors (Lipinski definition) is 1. The Labute approximate surface area is 129 Å². The Kier molecular flexibility index (Phi) is 4.27. The number of ether oxygens (including phenoxy) is 1. The predicted octanol–water partition coefficient (Wildman–Crippen LogP) is 1.35. The minimum absolute atomic E-state index is 0.0416. The number of piperidine rings is 1. The monoisotopic (exact) mass is 303 g/mol. The van der Waals surface area contributed by atoms with Crippen LogP contribution in [0.15, 0.2) is 18.3 Å². The average molecular weight is 303 g/mol. The molecular weight excluding hydrogens is 282 g/mol. The number of hydrogen-bond acceptors (Lipinski definition) is 4. The molecule has 2 heterocycles. The maximum absolute atomic E-state index is 12.2. The van der Waals surface area contributed by atoms with E-state index in [-0.39, 0.29) is 17.7 Å². The number of carbonyl (C=O) groups excluding carboxylic acids is 2. The van der Waals surface area contributed by atoms with Crippen molar-refractivity contribution < 1.29 is 14.3 Å². The molecule has 1 atom stereocenters. The van der Waals surface area contributed by atoms with Gasteiger partial charge in [0.05, 0.1) is 6.54 Å². The maximum Gasteiger partial charge on any atom is 0.267 e. The summed E-state index contributed by atoms with van der Waals surface area (Å²) in [4.78, 5) is 29.1. The van der Waals surface area contributed by atoms with Crippen molar-refractivity contribution >= 4 is 11.8 Å². The van der Waals surface area contributed by atoms with Gasteiger partial charge in [-0.05, 0) is 37.7 Å². The molecule has 6 heteroatoms. The highest BCUT2D eigenvalue weighted by molar-refractivity contribution is 5.91. The first-order valence-electron chi connectivity index (χ1n) is 7.82. The molecular formula is C16H21N3O3. The summed E-state index contributed by atoms with van der Waals surface area (Å²) in [6.45, 7) is 1.42. The fourth-order valence-corrected chi connectivity index (χ4v) is 2.77. The summed E-state index contributed by atoms with van der Waals surface area (Å²) in [6, 6.07) is 3.25. The summed E-state index contributed by atoms with van der Waals surface area (Å²) in [5.41, 5.74) is 5.41. The summed E-state index contributed by atoms with van der Waals surface area (Å²) in [7, 11) is 0. The fourth-order valence-electron chi connectivity index (χ4n) is 2.77. The molecule has 2 N–H and O–H groups in total. The molecule has 0 spiro atoms. The number of nitrogens with zero attached hydrogens (tertiary/aromatic N) is 2. The number of nitrogens with two attached hydrogens (primary N) is 1. The largest absolute Gasteiger partial charge is 0.488 e. The molecule has 0 bridgehead atoms. The quantitative estimate of drug-likeness (QED) is 0.889. The maximum atomic E-state index is 12.2. The van der Waals surface area contributed by atoms with E-state index >= 15 is 0 Å². The second-order valence-corrected chi connectivity index (χ2v) is 6.11. The second-order valence-electron chi connectivity index (χ2n) is 6.11. The van der Waals surface area contributed by atoms with Crippen LogP contribution in [-0.4, -0.2) is 40.9 Å². The van der Waals surface area contributed by atoms with Gasteiger partial charge in [-0.15, -0.1) is 0 Å². The van der Waals surface area contributed by atoms with E-state index in [4.69, 9.17) is 10.5 Å². The first kappa shape index (κ1) is 14.8. The van der Waals surface area contributed by atoms with E-state index in [1.165, 1.54) is 19.0 Å². The normalized spacial score (nSPS) is 21.5. The van der Waals surface area contributed by atoms with Crippen LogP contribution in [0.3, 0.4) is 0 Å². The highest BCUT2D eigenvalue weighted by Gasteiger charge is 2.30. The van der Waals surface area contributed by atoms with Crippen LogP contribution in [-0.2, 0) is 4.79 Å². The number of likely N-dealkylation sites (tertiary alicyclic amines) is 1. The third kappa shape index (κ3) is 3.75. The topological polar surface area (TPSA) is 85.5 Å². The molecule has 3 rings (SSSR count). The molecule has 1 saturated carbocycles. The molecule has 0 aromatic carbocycles. The number of amides is 2. The van der Waals surface area contributed by atoms with E-state index in [9.17, 15) is 9.59 Å². The van der Waals surface area contributed by atoms with Gasteiger partial charge in [0.15, 0.2) is 0 Å². The lowest BCUT2D eigenvalue weighted by molar-refractivity contribution is -0.134. The summed E-state index contributed by atoms with van der Waals surface area (Å²) >= 11 is 0. The van der Waals surface area contributed by atoms with E-state index < -0.39 is 5.91 Å². The Morgan fingerprint density at radius 3 is 2.91 bits per heavy atom. The fraction of sp³-hybridized carbons (Fsp3) is 0.562. The molecule has 118 valence electrons. The van der Waals surface area contributed by atoms with Gasteiger partial charge in [0.1, 0.15) is 17.5 Å². The number of aromatic nitrogens is 1. The van der Waals surface area contributed by atoms with Crippen LogP contribution < -0.4 is 10.5 Å². The Balaban J connectivity index is 1.58. The van der Waals surface area contributed by atoms with Gasteiger partial charge in [-0.1, -0.05) is 0 Å². The molecule has 22 heavy (non-hydrogen) atoms. The standard InChI is InChI=1S/C16H21N3O3/c17-16(21)14-9-12(5-6-18-14)22-13-2-1-7-19(10-13)15(20)8-11-3-4-11/h5-6,9,11,13H,1-4,7-8,10H2,(H2,17,21). The van der Waals surface area contributed by atoms with Gasteiger partial charge in [-0.3, -0.25) is 14.6 Å². The van der Waals surface area contributed by atoms with Crippen molar-refractivity contribution in [2.45, 2.75) is 38.2 Å².